The van der Waals surface area contributed by atoms with Crippen molar-refractivity contribution in [1.82, 2.24) is 0 Å². The minimum absolute atomic E-state index is 0.0397. The van der Waals surface area contributed by atoms with Gasteiger partial charge in [0.25, 0.3) is 0 Å². The molecule has 0 saturated heterocycles. The molecular weight excluding hydrogens is 283 g/mol. The van der Waals surface area contributed by atoms with Gasteiger partial charge in [0.1, 0.15) is 5.82 Å². The molecule has 0 aliphatic rings. The van der Waals surface area contributed by atoms with Gasteiger partial charge in [0.15, 0.2) is 10.8 Å². The van der Waals surface area contributed by atoms with Crippen molar-refractivity contribution >= 4 is 38.5 Å². The molecule has 0 bridgehead atoms. The first-order valence-corrected chi connectivity index (χ1v) is 7.31. The van der Waals surface area contributed by atoms with Crippen molar-refractivity contribution in [2.75, 3.05) is 0 Å². The number of carbonyl (C=O) groups excluding carboxylic acids is 1. The zero-order valence-electron chi connectivity index (χ0n) is 9.72. The molecule has 0 atom stereocenters. The first kappa shape index (κ1) is 12.3. The van der Waals surface area contributed by atoms with Crippen LogP contribution in [0, 0.1) is 5.82 Å². The van der Waals surface area contributed by atoms with E-state index in [0.717, 1.165) is 16.2 Å². The predicted octanol–water partition coefficient (Wildman–Crippen LogP) is 4.23. The number of hydrogen-bond acceptors (Lipinski definition) is 4. The lowest BCUT2D eigenvalue weighted by molar-refractivity contribution is 0.0993. The molecule has 2 aromatic heterocycles. The number of thiophene rings is 2. The number of hydrogen-bond donors (Lipinski definition) is 1. The summed E-state index contributed by atoms with van der Waals surface area (Å²) in [7, 11) is 0. The van der Waals surface area contributed by atoms with E-state index in [4.69, 9.17) is 0 Å². The van der Waals surface area contributed by atoms with E-state index in [0.29, 0.717) is 15.6 Å². The second-order valence-electron chi connectivity index (χ2n) is 4.10. The van der Waals surface area contributed by atoms with Gasteiger partial charge in [-0.2, -0.15) is 0 Å². The molecule has 0 fully saturated rings. The minimum atomic E-state index is -0.369. The Bertz CT molecular complexity index is 744. The van der Waals surface area contributed by atoms with E-state index in [-0.39, 0.29) is 23.1 Å². The van der Waals surface area contributed by atoms with E-state index in [1.807, 2.05) is 17.5 Å². The van der Waals surface area contributed by atoms with Crippen LogP contribution in [0.1, 0.15) is 15.2 Å². The summed E-state index contributed by atoms with van der Waals surface area (Å²) >= 11 is 2.54. The molecule has 0 radical (unpaired) electrons. The molecule has 3 aromatic rings. The van der Waals surface area contributed by atoms with Crippen LogP contribution < -0.4 is 0 Å². The number of halogens is 1. The fourth-order valence-corrected chi connectivity index (χ4v) is 3.68. The third-order valence-corrected chi connectivity index (χ3v) is 4.66. The Kier molecular flexibility index (Phi) is 3.08. The minimum Gasteiger partial charge on any atom is -0.499 e. The van der Waals surface area contributed by atoms with Crippen molar-refractivity contribution in [2.24, 2.45) is 0 Å². The molecule has 0 unspecified atom stereocenters. The van der Waals surface area contributed by atoms with Crippen molar-refractivity contribution in [1.29, 1.82) is 0 Å². The number of carbonyl (C=O) groups is 1. The fourth-order valence-electron chi connectivity index (χ4n) is 1.99. The van der Waals surface area contributed by atoms with Crippen LogP contribution in [0.3, 0.4) is 0 Å². The van der Waals surface area contributed by atoms with Gasteiger partial charge in [-0.1, -0.05) is 17.4 Å². The van der Waals surface area contributed by atoms with Gasteiger partial charge in [-0.25, -0.2) is 4.39 Å². The highest BCUT2D eigenvalue weighted by Crippen LogP contribution is 2.37. The number of benzene rings is 1. The van der Waals surface area contributed by atoms with Crippen LogP contribution in [0.25, 0.3) is 10.1 Å². The first-order valence-electron chi connectivity index (χ1n) is 5.62. The highest BCUT2D eigenvalue weighted by Gasteiger charge is 2.19. The van der Waals surface area contributed by atoms with E-state index < -0.39 is 0 Å². The van der Waals surface area contributed by atoms with E-state index in [1.165, 1.54) is 23.5 Å². The lowest BCUT2D eigenvalue weighted by Gasteiger charge is -1.99. The Morgan fingerprint density at radius 2 is 2.16 bits per heavy atom. The molecule has 96 valence electrons. The average Bonchev–Trinajstić information content (AvgIpc) is 2.95. The number of fused-ring (bicyclic) bond motifs is 1. The third-order valence-electron chi connectivity index (χ3n) is 2.83. The van der Waals surface area contributed by atoms with E-state index >= 15 is 0 Å². The van der Waals surface area contributed by atoms with Gasteiger partial charge in [-0.15, -0.1) is 11.3 Å². The smallest absolute Gasteiger partial charge is 0.183 e. The van der Waals surface area contributed by atoms with Gasteiger partial charge < -0.3 is 5.11 Å². The Hall–Kier alpha value is -1.72. The molecule has 0 amide bonds. The highest BCUT2D eigenvalue weighted by atomic mass is 32.1. The second kappa shape index (κ2) is 4.75. The summed E-state index contributed by atoms with van der Waals surface area (Å²) < 4.78 is 13.7. The predicted molar refractivity (Wildman–Crippen MR) is 75.8 cm³/mol. The fraction of sp³-hybridized carbons (Fsp3) is 0.0714. The zero-order valence-corrected chi connectivity index (χ0v) is 11.4. The van der Waals surface area contributed by atoms with E-state index in [1.54, 1.807) is 6.07 Å². The molecule has 3 rings (SSSR count). The monoisotopic (exact) mass is 292 g/mol. The normalized spacial score (nSPS) is 11.0. The summed E-state index contributed by atoms with van der Waals surface area (Å²) in [6.45, 7) is 0. The van der Waals surface area contributed by atoms with Crippen LogP contribution in [0.15, 0.2) is 35.7 Å². The van der Waals surface area contributed by atoms with Gasteiger partial charge in [-0.05, 0) is 29.6 Å². The van der Waals surface area contributed by atoms with Crippen LogP contribution in [0.2, 0.25) is 0 Å². The highest BCUT2D eigenvalue weighted by molar-refractivity contribution is 7.21. The molecule has 2 nitrogen and oxygen atoms in total. The summed E-state index contributed by atoms with van der Waals surface area (Å²) in [4.78, 5) is 13.2. The van der Waals surface area contributed by atoms with Gasteiger partial charge in [-0.3, -0.25) is 4.79 Å². The van der Waals surface area contributed by atoms with Crippen LogP contribution in [-0.4, -0.2) is 10.9 Å². The Morgan fingerprint density at radius 3 is 2.89 bits per heavy atom. The van der Waals surface area contributed by atoms with Crippen LogP contribution >= 0.6 is 22.7 Å². The van der Waals surface area contributed by atoms with Crippen LogP contribution in [0.5, 0.6) is 5.06 Å². The molecule has 19 heavy (non-hydrogen) atoms. The largest absolute Gasteiger partial charge is 0.499 e. The number of Topliss-reactive ketones (excluding diaryl/α,β-unsaturated/α-hetero) is 1. The summed E-state index contributed by atoms with van der Waals surface area (Å²) in [5, 5.41) is 12.4. The summed E-state index contributed by atoms with van der Waals surface area (Å²) in [5.41, 5.74) is 0.299. The zero-order chi connectivity index (χ0) is 13.4. The lowest BCUT2D eigenvalue weighted by atomic mass is 10.1. The van der Waals surface area contributed by atoms with Gasteiger partial charge in [0.2, 0.25) is 0 Å². The van der Waals surface area contributed by atoms with E-state index in [2.05, 4.69) is 0 Å². The van der Waals surface area contributed by atoms with E-state index in [9.17, 15) is 14.3 Å². The van der Waals surface area contributed by atoms with Crippen molar-refractivity contribution < 1.29 is 14.3 Å². The summed E-state index contributed by atoms with van der Waals surface area (Å²) in [6.07, 6.45) is 0.258. The summed E-state index contributed by atoms with van der Waals surface area (Å²) in [5.74, 6) is -0.510. The molecule has 0 aliphatic carbocycles. The Morgan fingerprint density at radius 1 is 1.32 bits per heavy atom. The summed E-state index contributed by atoms with van der Waals surface area (Å²) in [6, 6.07) is 7.95. The van der Waals surface area contributed by atoms with Crippen molar-refractivity contribution in [3.8, 4) is 5.06 Å². The van der Waals surface area contributed by atoms with Gasteiger partial charge in [0, 0.05) is 21.4 Å². The molecule has 2 heterocycles. The third kappa shape index (κ3) is 2.27. The molecule has 1 aromatic carbocycles. The maximum atomic E-state index is 13.1. The second-order valence-corrected chi connectivity index (χ2v) is 6.16. The van der Waals surface area contributed by atoms with Crippen molar-refractivity contribution in [3.05, 3.63) is 52.0 Å². The Labute approximate surface area is 116 Å². The molecule has 0 aliphatic heterocycles. The molecule has 0 saturated carbocycles. The standard InChI is InChI=1S/C14H9FO2S2/c15-8-3-4-10-12(6-8)19-14(17)13(10)11(16)7-9-2-1-5-18-9/h1-6,17H,7H2. The van der Waals surface area contributed by atoms with Gasteiger partial charge >= 0.3 is 0 Å². The first-order chi connectivity index (χ1) is 9.15. The Balaban J connectivity index is 2.04. The number of aromatic hydroxyl groups is 1. The number of ketones is 1. The quantitative estimate of drug-likeness (QED) is 0.733. The van der Waals surface area contributed by atoms with Crippen LogP contribution in [-0.2, 0) is 6.42 Å². The van der Waals surface area contributed by atoms with Crippen molar-refractivity contribution in [3.63, 3.8) is 0 Å². The maximum Gasteiger partial charge on any atom is 0.183 e. The number of rotatable bonds is 3. The molecule has 0 spiro atoms. The maximum absolute atomic E-state index is 13.1. The topological polar surface area (TPSA) is 37.3 Å². The molecule has 5 heteroatoms. The lowest BCUT2D eigenvalue weighted by Crippen LogP contribution is -2.01. The SMILES string of the molecule is O=C(Cc1cccs1)c1c(O)sc2cc(F)ccc12. The average molecular weight is 292 g/mol. The van der Waals surface area contributed by atoms with Crippen molar-refractivity contribution in [2.45, 2.75) is 6.42 Å². The molecular formula is C14H9FO2S2. The molecule has 1 N–H and O–H groups in total. The van der Waals surface area contributed by atoms with Crippen LogP contribution in [0.4, 0.5) is 4.39 Å². The van der Waals surface area contributed by atoms with Gasteiger partial charge in [0.05, 0.1) is 5.56 Å².